The quantitative estimate of drug-likeness (QED) is 0.902. The topological polar surface area (TPSA) is 46.2 Å². The Balaban J connectivity index is 2.42. The van der Waals surface area contributed by atoms with Crippen LogP contribution >= 0.6 is 23.2 Å². The highest BCUT2D eigenvalue weighted by atomic mass is 35.5. The highest BCUT2D eigenvalue weighted by Crippen LogP contribution is 2.29. The molecule has 88 valence electrons. The average molecular weight is 280 g/mol. The number of nitrogens with one attached hydrogen (secondary N) is 1. The van der Waals surface area contributed by atoms with Gasteiger partial charge in [-0.05, 0) is 31.2 Å². The molecule has 0 aliphatic carbocycles. The monoisotopic (exact) mass is 279 g/mol. The molecular weight excluding hydrogens is 269 g/mol. The van der Waals surface area contributed by atoms with Crippen LogP contribution in [0.1, 0.15) is 6.42 Å². The van der Waals surface area contributed by atoms with Gasteiger partial charge in [0.15, 0.2) is 9.84 Å². The summed E-state index contributed by atoms with van der Waals surface area (Å²) in [6.07, 6.45) is 0.626. The Morgan fingerprint density at radius 1 is 1.31 bits per heavy atom. The first kappa shape index (κ1) is 12.2. The highest BCUT2D eigenvalue weighted by Gasteiger charge is 2.31. The second-order valence-corrected chi connectivity index (χ2v) is 6.77. The number of hydrogen-bond acceptors (Lipinski definition) is 3. The predicted molar refractivity (Wildman–Crippen MR) is 64.9 cm³/mol. The van der Waals surface area contributed by atoms with Crippen molar-refractivity contribution in [1.29, 1.82) is 0 Å². The van der Waals surface area contributed by atoms with E-state index in [-0.39, 0.29) is 15.2 Å². The molecule has 0 aromatic heterocycles. The second-order valence-electron chi connectivity index (χ2n) is 3.73. The summed E-state index contributed by atoms with van der Waals surface area (Å²) in [6.45, 7) is 1.22. The van der Waals surface area contributed by atoms with Gasteiger partial charge in [0.05, 0.1) is 15.2 Å². The molecule has 1 saturated heterocycles. The average Bonchev–Trinajstić information content (AvgIpc) is 2.69. The molecule has 1 atom stereocenters. The summed E-state index contributed by atoms with van der Waals surface area (Å²) in [5.74, 6) is 0. The van der Waals surface area contributed by atoms with Gasteiger partial charge in [0.1, 0.15) is 0 Å². The van der Waals surface area contributed by atoms with Gasteiger partial charge in [-0.25, -0.2) is 8.42 Å². The highest BCUT2D eigenvalue weighted by molar-refractivity contribution is 7.92. The molecule has 1 N–H and O–H groups in total. The fraction of sp³-hybridized carbons (Fsp3) is 0.400. The van der Waals surface area contributed by atoms with Gasteiger partial charge in [-0.3, -0.25) is 0 Å². The zero-order valence-corrected chi connectivity index (χ0v) is 10.7. The van der Waals surface area contributed by atoms with Crippen molar-refractivity contribution in [2.24, 2.45) is 0 Å². The lowest BCUT2D eigenvalue weighted by atomic mass is 10.4. The van der Waals surface area contributed by atoms with E-state index in [1.165, 1.54) is 12.1 Å². The number of halogens is 2. The van der Waals surface area contributed by atoms with Crippen LogP contribution in [0.4, 0.5) is 0 Å². The van der Waals surface area contributed by atoms with Crippen molar-refractivity contribution >= 4 is 33.0 Å². The van der Waals surface area contributed by atoms with Crippen LogP contribution in [-0.2, 0) is 9.84 Å². The van der Waals surface area contributed by atoms with E-state index < -0.39 is 9.84 Å². The summed E-state index contributed by atoms with van der Waals surface area (Å²) < 4.78 is 24.4. The molecule has 1 aromatic carbocycles. The van der Waals surface area contributed by atoms with Crippen molar-refractivity contribution in [3.8, 4) is 0 Å². The molecule has 16 heavy (non-hydrogen) atoms. The van der Waals surface area contributed by atoms with Crippen LogP contribution in [-0.4, -0.2) is 26.8 Å². The van der Waals surface area contributed by atoms with E-state index in [2.05, 4.69) is 5.32 Å². The molecule has 0 bridgehead atoms. The lowest BCUT2D eigenvalue weighted by Gasteiger charge is -2.11. The van der Waals surface area contributed by atoms with Gasteiger partial charge in [-0.2, -0.15) is 0 Å². The summed E-state index contributed by atoms with van der Waals surface area (Å²) in [4.78, 5) is 0.173. The molecule has 0 amide bonds. The van der Waals surface area contributed by atoms with E-state index in [1.54, 1.807) is 6.07 Å². The molecular formula is C10H11Cl2NO2S. The van der Waals surface area contributed by atoms with Gasteiger partial charge in [-0.1, -0.05) is 23.2 Å². The second kappa shape index (κ2) is 4.53. The van der Waals surface area contributed by atoms with Gasteiger partial charge in [-0.15, -0.1) is 0 Å². The van der Waals surface area contributed by atoms with E-state index in [9.17, 15) is 8.42 Å². The minimum absolute atomic E-state index is 0.173. The first-order valence-electron chi connectivity index (χ1n) is 4.91. The third kappa shape index (κ3) is 2.20. The maximum atomic E-state index is 12.2. The molecule has 0 saturated carbocycles. The van der Waals surface area contributed by atoms with Crippen LogP contribution < -0.4 is 5.32 Å². The molecule has 1 aliphatic rings. The Morgan fingerprint density at radius 3 is 2.62 bits per heavy atom. The molecule has 1 aromatic rings. The van der Waals surface area contributed by atoms with Gasteiger partial charge >= 0.3 is 0 Å². The molecule has 1 fully saturated rings. The van der Waals surface area contributed by atoms with Gasteiger partial charge in [0.2, 0.25) is 0 Å². The SMILES string of the molecule is O=S(=O)(c1ccc(Cl)cc1Cl)C1CCNC1. The molecule has 6 heteroatoms. The molecule has 1 aliphatic heterocycles. The van der Waals surface area contributed by atoms with Crippen molar-refractivity contribution < 1.29 is 8.42 Å². The Kier molecular flexibility index (Phi) is 3.45. The number of hydrogen-bond donors (Lipinski definition) is 1. The Bertz CT molecular complexity index is 496. The van der Waals surface area contributed by atoms with E-state index >= 15 is 0 Å². The smallest absolute Gasteiger partial charge is 0.183 e. The van der Waals surface area contributed by atoms with Crippen molar-refractivity contribution in [1.82, 2.24) is 5.32 Å². The standard InChI is InChI=1S/C10H11Cl2NO2S/c11-7-1-2-10(9(12)5-7)16(14,15)8-3-4-13-6-8/h1-2,5,8,13H,3-4,6H2. The number of sulfone groups is 1. The van der Waals surface area contributed by atoms with Crippen LogP contribution in [0, 0.1) is 0 Å². The first-order chi connectivity index (χ1) is 7.51. The molecule has 0 radical (unpaired) electrons. The van der Waals surface area contributed by atoms with Crippen LogP contribution in [0.2, 0.25) is 10.0 Å². The fourth-order valence-corrected chi connectivity index (χ4v) is 4.22. The maximum absolute atomic E-state index is 12.2. The maximum Gasteiger partial charge on any atom is 0.183 e. The summed E-state index contributed by atoms with van der Waals surface area (Å²) in [6, 6.07) is 4.47. The van der Waals surface area contributed by atoms with E-state index in [0.29, 0.717) is 18.0 Å². The summed E-state index contributed by atoms with van der Waals surface area (Å²) in [5.41, 5.74) is 0. The Hall–Kier alpha value is -0.290. The fourth-order valence-electron chi connectivity index (χ4n) is 1.78. The van der Waals surface area contributed by atoms with E-state index in [1.807, 2.05) is 0 Å². The summed E-state index contributed by atoms with van der Waals surface area (Å²) in [5, 5.41) is 3.28. The number of benzene rings is 1. The van der Waals surface area contributed by atoms with Crippen molar-refractivity contribution in [3.05, 3.63) is 28.2 Å². The largest absolute Gasteiger partial charge is 0.315 e. The summed E-state index contributed by atoms with van der Waals surface area (Å²) >= 11 is 11.6. The minimum atomic E-state index is -3.34. The van der Waals surface area contributed by atoms with Crippen molar-refractivity contribution in [2.75, 3.05) is 13.1 Å². The molecule has 1 heterocycles. The van der Waals surface area contributed by atoms with Crippen molar-refractivity contribution in [3.63, 3.8) is 0 Å². The van der Waals surface area contributed by atoms with E-state index in [4.69, 9.17) is 23.2 Å². The van der Waals surface area contributed by atoms with Gasteiger partial charge in [0.25, 0.3) is 0 Å². The Morgan fingerprint density at radius 2 is 2.06 bits per heavy atom. The molecule has 0 spiro atoms. The third-order valence-electron chi connectivity index (χ3n) is 2.65. The number of rotatable bonds is 2. The molecule has 1 unspecified atom stereocenters. The predicted octanol–water partition coefficient (Wildman–Crippen LogP) is 2.13. The zero-order chi connectivity index (χ0) is 11.8. The van der Waals surface area contributed by atoms with Crippen LogP contribution in [0.3, 0.4) is 0 Å². The van der Waals surface area contributed by atoms with Gasteiger partial charge < -0.3 is 5.32 Å². The minimum Gasteiger partial charge on any atom is -0.315 e. The molecule has 2 rings (SSSR count). The zero-order valence-electron chi connectivity index (χ0n) is 8.41. The van der Waals surface area contributed by atoms with Crippen LogP contribution in [0.5, 0.6) is 0 Å². The summed E-state index contributed by atoms with van der Waals surface area (Å²) in [7, 11) is -3.34. The van der Waals surface area contributed by atoms with Crippen LogP contribution in [0.25, 0.3) is 0 Å². The first-order valence-corrected chi connectivity index (χ1v) is 7.22. The van der Waals surface area contributed by atoms with Crippen molar-refractivity contribution in [2.45, 2.75) is 16.6 Å². The van der Waals surface area contributed by atoms with E-state index in [0.717, 1.165) is 6.54 Å². The van der Waals surface area contributed by atoms with Gasteiger partial charge in [0, 0.05) is 11.6 Å². The van der Waals surface area contributed by atoms with Crippen LogP contribution in [0.15, 0.2) is 23.1 Å². The lowest BCUT2D eigenvalue weighted by Crippen LogP contribution is -2.24. The molecule has 3 nitrogen and oxygen atoms in total. The third-order valence-corrected chi connectivity index (χ3v) is 5.56. The normalized spacial score (nSPS) is 21.2. The lowest BCUT2D eigenvalue weighted by molar-refractivity contribution is 0.583. The Labute approximate surface area is 105 Å².